The van der Waals surface area contributed by atoms with Crippen molar-refractivity contribution in [2.24, 2.45) is 0 Å². The maximum atomic E-state index is 11.8. The van der Waals surface area contributed by atoms with Gasteiger partial charge in [0.1, 0.15) is 0 Å². The average Bonchev–Trinajstić information content (AvgIpc) is 2.37. The highest BCUT2D eigenvalue weighted by Gasteiger charge is 2.06. The molecule has 0 aliphatic rings. The van der Waals surface area contributed by atoms with Gasteiger partial charge in [0, 0.05) is 11.0 Å². The highest BCUT2D eigenvalue weighted by Crippen LogP contribution is 2.18. The number of carbonyl (C=O) groups excluding carboxylic acids is 1. The summed E-state index contributed by atoms with van der Waals surface area (Å²) in [6.07, 6.45) is 0.391. The van der Waals surface area contributed by atoms with Gasteiger partial charge >= 0.3 is 0 Å². The molecule has 0 radical (unpaired) electrons. The maximum absolute atomic E-state index is 11.8. The van der Waals surface area contributed by atoms with Gasteiger partial charge in [0.2, 0.25) is 5.91 Å². The average molecular weight is 304 g/mol. The van der Waals surface area contributed by atoms with E-state index in [1.165, 1.54) is 0 Å². The molecule has 0 saturated heterocycles. The smallest absolute Gasteiger partial charge is 0.224 e. The van der Waals surface area contributed by atoms with E-state index in [1.54, 1.807) is 0 Å². The van der Waals surface area contributed by atoms with E-state index < -0.39 is 0 Å². The van der Waals surface area contributed by atoms with Gasteiger partial charge in [-0.05, 0) is 16.3 Å². The summed E-state index contributed by atoms with van der Waals surface area (Å²) in [4.78, 5) is 11.8. The first-order valence-corrected chi connectivity index (χ1v) is 6.53. The van der Waals surface area contributed by atoms with Gasteiger partial charge in [0.25, 0.3) is 0 Å². The number of halogens is 1. The van der Waals surface area contributed by atoms with Crippen LogP contribution in [0.15, 0.2) is 53.5 Å². The quantitative estimate of drug-likeness (QED) is 0.921. The zero-order valence-electron chi connectivity index (χ0n) is 9.95. The summed E-state index contributed by atoms with van der Waals surface area (Å²) < 4.78 is 0.772. The van der Waals surface area contributed by atoms with E-state index in [0.717, 1.165) is 20.8 Å². The molecule has 1 amide bonds. The SMILES string of the molecule is C=C(Br)CNC(=O)Cc1cccc2ccccc12. The Balaban J connectivity index is 2.16. The summed E-state index contributed by atoms with van der Waals surface area (Å²) in [5.41, 5.74) is 1.05. The summed E-state index contributed by atoms with van der Waals surface area (Å²) in [5.74, 6) is 0.00644. The molecule has 3 heteroatoms. The Hall–Kier alpha value is -1.61. The lowest BCUT2D eigenvalue weighted by atomic mass is 10.0. The molecule has 0 heterocycles. The predicted molar refractivity (Wildman–Crippen MR) is 78.7 cm³/mol. The Morgan fingerprint density at radius 2 is 1.89 bits per heavy atom. The largest absolute Gasteiger partial charge is 0.351 e. The molecule has 1 N–H and O–H groups in total. The molecule has 0 aliphatic carbocycles. The minimum absolute atomic E-state index is 0.00644. The van der Waals surface area contributed by atoms with Crippen LogP contribution < -0.4 is 5.32 Å². The number of amides is 1. The Kier molecular flexibility index (Phi) is 4.15. The van der Waals surface area contributed by atoms with Crippen molar-refractivity contribution < 1.29 is 4.79 Å². The molecule has 0 saturated carbocycles. The lowest BCUT2D eigenvalue weighted by Crippen LogP contribution is -2.26. The van der Waals surface area contributed by atoms with E-state index in [-0.39, 0.29) is 5.91 Å². The van der Waals surface area contributed by atoms with Crippen LogP contribution in [0.1, 0.15) is 5.56 Å². The molecule has 0 bridgehead atoms. The fourth-order valence-corrected chi connectivity index (χ4v) is 2.02. The van der Waals surface area contributed by atoms with Crippen LogP contribution in [0.25, 0.3) is 10.8 Å². The zero-order chi connectivity index (χ0) is 13.0. The molecular weight excluding hydrogens is 290 g/mol. The molecule has 2 aromatic carbocycles. The van der Waals surface area contributed by atoms with Crippen molar-refractivity contribution in [2.45, 2.75) is 6.42 Å². The van der Waals surface area contributed by atoms with Crippen LogP contribution in [0.3, 0.4) is 0 Å². The van der Waals surface area contributed by atoms with Crippen molar-refractivity contribution in [1.82, 2.24) is 5.32 Å². The van der Waals surface area contributed by atoms with Crippen LogP contribution >= 0.6 is 15.9 Å². The van der Waals surface area contributed by atoms with Gasteiger partial charge in [-0.1, -0.05) is 65.0 Å². The molecule has 0 fully saturated rings. The molecular formula is C15H14BrNO. The first-order chi connectivity index (χ1) is 8.66. The highest BCUT2D eigenvalue weighted by molar-refractivity contribution is 9.11. The number of nitrogens with one attached hydrogen (secondary N) is 1. The van der Waals surface area contributed by atoms with E-state index in [4.69, 9.17) is 0 Å². The molecule has 0 spiro atoms. The van der Waals surface area contributed by atoms with Gasteiger partial charge in [-0.15, -0.1) is 0 Å². The Morgan fingerprint density at radius 1 is 1.17 bits per heavy atom. The van der Waals surface area contributed by atoms with Crippen LogP contribution in [-0.4, -0.2) is 12.5 Å². The lowest BCUT2D eigenvalue weighted by molar-refractivity contribution is -0.120. The van der Waals surface area contributed by atoms with Gasteiger partial charge in [-0.25, -0.2) is 0 Å². The molecule has 0 unspecified atom stereocenters. The third-order valence-corrected chi connectivity index (χ3v) is 2.99. The second-order valence-electron chi connectivity index (χ2n) is 4.11. The molecule has 2 aromatic rings. The lowest BCUT2D eigenvalue weighted by Gasteiger charge is -2.07. The third kappa shape index (κ3) is 3.20. The van der Waals surface area contributed by atoms with Crippen molar-refractivity contribution in [3.8, 4) is 0 Å². The topological polar surface area (TPSA) is 29.1 Å². The van der Waals surface area contributed by atoms with Crippen molar-refractivity contribution in [1.29, 1.82) is 0 Å². The number of carbonyl (C=O) groups is 1. The molecule has 92 valence electrons. The summed E-state index contributed by atoms with van der Waals surface area (Å²) in [7, 11) is 0. The fourth-order valence-electron chi connectivity index (χ4n) is 1.88. The molecule has 0 aliphatic heterocycles. The van der Waals surface area contributed by atoms with Crippen LogP contribution in [0, 0.1) is 0 Å². The maximum Gasteiger partial charge on any atom is 0.224 e. The van der Waals surface area contributed by atoms with Crippen molar-refractivity contribution in [3.05, 3.63) is 59.1 Å². The Labute approximate surface area is 115 Å². The van der Waals surface area contributed by atoms with Gasteiger partial charge in [0.15, 0.2) is 0 Å². The zero-order valence-corrected chi connectivity index (χ0v) is 11.5. The Morgan fingerprint density at radius 3 is 2.67 bits per heavy atom. The summed E-state index contributed by atoms with van der Waals surface area (Å²) >= 11 is 3.22. The van der Waals surface area contributed by atoms with Crippen LogP contribution in [-0.2, 0) is 11.2 Å². The number of hydrogen-bond donors (Lipinski definition) is 1. The van der Waals surface area contributed by atoms with Gasteiger partial charge < -0.3 is 5.32 Å². The van der Waals surface area contributed by atoms with Crippen molar-refractivity contribution >= 4 is 32.6 Å². The second kappa shape index (κ2) is 5.83. The minimum Gasteiger partial charge on any atom is -0.351 e. The molecule has 0 atom stereocenters. The van der Waals surface area contributed by atoms with Crippen LogP contribution in [0.2, 0.25) is 0 Å². The first-order valence-electron chi connectivity index (χ1n) is 5.73. The van der Waals surface area contributed by atoms with Gasteiger partial charge in [-0.3, -0.25) is 4.79 Å². The normalized spacial score (nSPS) is 10.3. The summed E-state index contributed by atoms with van der Waals surface area (Å²) in [6, 6.07) is 14.1. The van der Waals surface area contributed by atoms with E-state index in [2.05, 4.69) is 40.0 Å². The Bertz CT molecular complexity index is 587. The number of fused-ring (bicyclic) bond motifs is 1. The predicted octanol–water partition coefficient (Wildman–Crippen LogP) is 3.41. The number of benzene rings is 2. The van der Waals surface area contributed by atoms with E-state index in [1.807, 2.05) is 30.3 Å². The third-order valence-electron chi connectivity index (χ3n) is 2.71. The van der Waals surface area contributed by atoms with Crippen LogP contribution in [0.4, 0.5) is 0 Å². The summed E-state index contributed by atoms with van der Waals surface area (Å²) in [5, 5.41) is 5.10. The van der Waals surface area contributed by atoms with Gasteiger partial charge in [0.05, 0.1) is 6.42 Å². The first kappa shape index (κ1) is 12.8. The molecule has 18 heavy (non-hydrogen) atoms. The number of hydrogen-bond acceptors (Lipinski definition) is 1. The monoisotopic (exact) mass is 303 g/mol. The molecule has 2 nitrogen and oxygen atoms in total. The molecule has 2 rings (SSSR count). The standard InChI is InChI=1S/C15H14BrNO/c1-11(16)10-17-15(18)9-13-7-4-6-12-5-2-3-8-14(12)13/h2-8H,1,9-10H2,(H,17,18). The summed E-state index contributed by atoms with van der Waals surface area (Å²) in [6.45, 7) is 4.15. The van der Waals surface area contributed by atoms with E-state index >= 15 is 0 Å². The van der Waals surface area contributed by atoms with Gasteiger partial charge in [-0.2, -0.15) is 0 Å². The van der Waals surface area contributed by atoms with E-state index in [0.29, 0.717) is 13.0 Å². The van der Waals surface area contributed by atoms with E-state index in [9.17, 15) is 4.79 Å². The van der Waals surface area contributed by atoms with Crippen LogP contribution in [0.5, 0.6) is 0 Å². The second-order valence-corrected chi connectivity index (χ2v) is 5.23. The minimum atomic E-state index is 0.00644. The highest BCUT2D eigenvalue weighted by atomic mass is 79.9. The van der Waals surface area contributed by atoms with Crippen molar-refractivity contribution in [2.75, 3.05) is 6.54 Å². The fraction of sp³-hybridized carbons (Fsp3) is 0.133. The molecule has 0 aromatic heterocycles. The number of rotatable bonds is 4. The van der Waals surface area contributed by atoms with Crippen molar-refractivity contribution in [3.63, 3.8) is 0 Å².